The Morgan fingerprint density at radius 3 is 1.87 bits per heavy atom. The van der Waals surface area contributed by atoms with Crippen LogP contribution < -0.4 is 5.01 Å². The third-order valence-electron chi connectivity index (χ3n) is 6.63. The molecule has 0 radical (unpaired) electrons. The van der Waals surface area contributed by atoms with Crippen molar-refractivity contribution in [3.8, 4) is 11.6 Å². The van der Waals surface area contributed by atoms with E-state index in [9.17, 15) is 45.4 Å². The molecule has 2 aromatic carbocycles. The van der Waals surface area contributed by atoms with Gasteiger partial charge in [0.15, 0.2) is 11.4 Å². The van der Waals surface area contributed by atoms with Gasteiger partial charge in [0.2, 0.25) is 5.88 Å². The van der Waals surface area contributed by atoms with Crippen molar-refractivity contribution < 1.29 is 54.9 Å². The number of amides is 1. The Labute approximate surface area is 257 Å². The van der Waals surface area contributed by atoms with Crippen molar-refractivity contribution in [3.63, 3.8) is 0 Å². The maximum absolute atomic E-state index is 13.4. The van der Waals surface area contributed by atoms with Crippen molar-refractivity contribution >= 4 is 49.5 Å². The second-order valence-corrected chi connectivity index (χ2v) is 12.4. The minimum absolute atomic E-state index is 0.00297. The van der Waals surface area contributed by atoms with Gasteiger partial charge in [-0.3, -0.25) is 13.9 Å². The highest BCUT2D eigenvalue weighted by molar-refractivity contribution is 7.86. The predicted molar refractivity (Wildman–Crippen MR) is 155 cm³/mol. The van der Waals surface area contributed by atoms with Crippen molar-refractivity contribution in [2.24, 2.45) is 11.0 Å². The average Bonchev–Trinajstić information content (AvgIpc) is 3.49. The van der Waals surface area contributed by atoms with E-state index in [0.717, 1.165) is 34.0 Å². The number of esters is 2. The summed E-state index contributed by atoms with van der Waals surface area (Å²) < 4.78 is 75.2. The van der Waals surface area contributed by atoms with Crippen LogP contribution in [0.15, 0.2) is 63.4 Å². The Hall–Kier alpha value is -4.65. The first-order chi connectivity index (χ1) is 21.2. The van der Waals surface area contributed by atoms with Gasteiger partial charge in [-0.2, -0.15) is 32.0 Å². The van der Waals surface area contributed by atoms with Crippen LogP contribution in [0.2, 0.25) is 0 Å². The van der Waals surface area contributed by atoms with Gasteiger partial charge in [0.05, 0.1) is 40.3 Å². The van der Waals surface area contributed by atoms with E-state index in [1.807, 2.05) is 0 Å². The molecule has 0 saturated carbocycles. The molecule has 1 unspecified atom stereocenters. The fourth-order valence-electron chi connectivity index (χ4n) is 4.54. The number of rotatable bonds is 12. The van der Waals surface area contributed by atoms with Crippen molar-refractivity contribution in [3.05, 3.63) is 59.8 Å². The standard InChI is InChI=1S/C27H28N4O12S2/c1-3-42-26(34)22-20(24(32)30(28-22)16-8-12-18(13-9-16)44(36,37)38)6-5-7-21-23(27(35)43-4-2)29-31(25(21)33)17-10-14-19(15-11-17)45(39,40)41/h8-15,20,33H,3-7H2,1-2H3,(H,36,37,38)(H,39,40,41). The Bertz CT molecular complexity index is 1870. The number of ether oxygens (including phenoxy) is 2. The normalized spacial score (nSPS) is 15.2. The van der Waals surface area contributed by atoms with Crippen molar-refractivity contribution in [1.29, 1.82) is 0 Å². The molecule has 18 heteroatoms. The highest BCUT2D eigenvalue weighted by Crippen LogP contribution is 2.31. The summed E-state index contributed by atoms with van der Waals surface area (Å²) in [5.74, 6) is -3.87. The Morgan fingerprint density at radius 2 is 1.36 bits per heavy atom. The van der Waals surface area contributed by atoms with Crippen molar-refractivity contribution in [1.82, 2.24) is 9.78 Å². The smallest absolute Gasteiger partial charge is 0.359 e. The first-order valence-electron chi connectivity index (χ1n) is 13.4. The zero-order valence-electron chi connectivity index (χ0n) is 23.9. The van der Waals surface area contributed by atoms with Gasteiger partial charge in [0, 0.05) is 5.56 Å². The summed E-state index contributed by atoms with van der Waals surface area (Å²) in [5.41, 5.74) is -0.0868. The lowest BCUT2D eigenvalue weighted by molar-refractivity contribution is -0.135. The summed E-state index contributed by atoms with van der Waals surface area (Å²) in [4.78, 5) is 38.0. The molecule has 1 atom stereocenters. The van der Waals surface area contributed by atoms with E-state index in [2.05, 4.69) is 10.2 Å². The highest BCUT2D eigenvalue weighted by atomic mass is 32.2. The van der Waals surface area contributed by atoms with Crippen LogP contribution in [0, 0.1) is 5.92 Å². The van der Waals surface area contributed by atoms with Gasteiger partial charge in [0.25, 0.3) is 26.1 Å². The molecule has 0 aliphatic carbocycles. The van der Waals surface area contributed by atoms with Crippen LogP contribution in [0.1, 0.15) is 42.7 Å². The number of hydrazone groups is 1. The number of hydrogen-bond donors (Lipinski definition) is 3. The number of aromatic hydroxyl groups is 1. The van der Waals surface area contributed by atoms with Crippen LogP contribution in [0.4, 0.5) is 5.69 Å². The molecule has 0 spiro atoms. The molecular formula is C27H28N4O12S2. The lowest BCUT2D eigenvalue weighted by Gasteiger charge is -2.14. The molecule has 0 saturated heterocycles. The number of carbonyl (C=O) groups is 3. The van der Waals surface area contributed by atoms with Crippen molar-refractivity contribution in [2.75, 3.05) is 18.2 Å². The summed E-state index contributed by atoms with van der Waals surface area (Å²) in [6.07, 6.45) is 0.107. The molecule has 1 aliphatic rings. The molecule has 16 nitrogen and oxygen atoms in total. The first kappa shape index (κ1) is 33.2. The minimum atomic E-state index is -4.49. The molecule has 1 aliphatic heterocycles. The van der Waals surface area contributed by atoms with Gasteiger partial charge in [-0.15, -0.1) is 0 Å². The molecule has 0 bridgehead atoms. The van der Waals surface area contributed by atoms with Crippen LogP contribution in [-0.4, -0.2) is 77.6 Å². The van der Waals surface area contributed by atoms with Gasteiger partial charge in [-0.1, -0.05) is 0 Å². The van der Waals surface area contributed by atoms with Gasteiger partial charge in [-0.05, 0) is 81.6 Å². The number of aromatic nitrogens is 2. The third kappa shape index (κ3) is 7.19. The average molecular weight is 665 g/mol. The maximum Gasteiger partial charge on any atom is 0.359 e. The van der Waals surface area contributed by atoms with Crippen LogP contribution in [0.5, 0.6) is 5.88 Å². The molecule has 4 rings (SSSR count). The number of anilines is 1. The predicted octanol–water partition coefficient (Wildman–Crippen LogP) is 2.15. The molecule has 2 heterocycles. The van der Waals surface area contributed by atoms with E-state index in [4.69, 9.17) is 9.47 Å². The maximum atomic E-state index is 13.4. The van der Waals surface area contributed by atoms with Gasteiger partial charge >= 0.3 is 11.9 Å². The molecule has 3 N–H and O–H groups in total. The molecule has 240 valence electrons. The number of hydrogen-bond acceptors (Lipinski definition) is 12. The lowest BCUT2D eigenvalue weighted by Crippen LogP contribution is -2.30. The second kappa shape index (κ2) is 13.1. The van der Waals surface area contributed by atoms with Gasteiger partial charge in [-0.25, -0.2) is 14.3 Å². The van der Waals surface area contributed by atoms with E-state index < -0.39 is 59.7 Å². The quantitative estimate of drug-likeness (QED) is 0.186. The fourth-order valence-corrected chi connectivity index (χ4v) is 5.50. The zero-order valence-corrected chi connectivity index (χ0v) is 25.5. The van der Waals surface area contributed by atoms with Crippen LogP contribution in [0.3, 0.4) is 0 Å². The Kier molecular flexibility index (Phi) is 9.71. The lowest BCUT2D eigenvalue weighted by atomic mass is 9.94. The van der Waals surface area contributed by atoms with Crippen LogP contribution >= 0.6 is 0 Å². The highest BCUT2D eigenvalue weighted by Gasteiger charge is 2.41. The topological polar surface area (TPSA) is 232 Å². The van der Waals surface area contributed by atoms with E-state index in [1.54, 1.807) is 13.8 Å². The molecular weight excluding hydrogens is 636 g/mol. The molecule has 0 fully saturated rings. The van der Waals surface area contributed by atoms with E-state index in [1.165, 1.54) is 24.3 Å². The second-order valence-electron chi connectivity index (χ2n) is 9.52. The largest absolute Gasteiger partial charge is 0.493 e. The minimum Gasteiger partial charge on any atom is -0.493 e. The van der Waals surface area contributed by atoms with Crippen LogP contribution in [-0.2, 0) is 45.7 Å². The summed E-state index contributed by atoms with van der Waals surface area (Å²) in [6, 6.07) is 9.28. The SMILES string of the molecule is CCOC(=O)C1=NN(c2ccc(S(=O)(=O)O)cc2)C(=O)C1CCCc1c(C(=O)OCC)nn(-c2ccc(S(=O)(=O)O)cc2)c1O. The number of carbonyl (C=O) groups excluding carboxylic acids is 3. The third-order valence-corrected chi connectivity index (χ3v) is 8.37. The molecule has 45 heavy (non-hydrogen) atoms. The summed E-state index contributed by atoms with van der Waals surface area (Å²) >= 11 is 0. The number of nitrogens with zero attached hydrogens (tertiary/aromatic N) is 4. The first-order valence-corrected chi connectivity index (χ1v) is 16.3. The van der Waals surface area contributed by atoms with E-state index >= 15 is 0 Å². The monoisotopic (exact) mass is 664 g/mol. The van der Waals surface area contributed by atoms with Gasteiger partial charge in [0.1, 0.15) is 0 Å². The molecule has 1 aromatic heterocycles. The van der Waals surface area contributed by atoms with E-state index in [0.29, 0.717) is 0 Å². The summed E-state index contributed by atoms with van der Waals surface area (Å²) in [5, 5.41) is 20.2. The van der Waals surface area contributed by atoms with Crippen molar-refractivity contribution in [2.45, 2.75) is 42.9 Å². The zero-order chi connectivity index (χ0) is 33.1. The number of benzene rings is 2. The fraction of sp³-hybridized carbons (Fsp3) is 0.296. The van der Waals surface area contributed by atoms with Crippen LogP contribution in [0.25, 0.3) is 5.69 Å². The molecule has 3 aromatic rings. The summed E-state index contributed by atoms with van der Waals surface area (Å²) in [6.45, 7) is 3.16. The summed E-state index contributed by atoms with van der Waals surface area (Å²) in [7, 11) is -8.96. The Balaban J connectivity index is 1.60. The van der Waals surface area contributed by atoms with E-state index in [-0.39, 0.29) is 60.8 Å². The van der Waals surface area contributed by atoms with Gasteiger partial charge < -0.3 is 14.6 Å². The Morgan fingerprint density at radius 1 is 0.844 bits per heavy atom. The molecule has 1 amide bonds.